The molecule has 0 aromatic heterocycles. The predicted octanol–water partition coefficient (Wildman–Crippen LogP) is 4.16. The number of para-hydroxylation sites is 2. The lowest BCUT2D eigenvalue weighted by Crippen LogP contribution is -2.19. The molecule has 0 atom stereocenters. The van der Waals surface area contributed by atoms with Crippen LogP contribution in [0.2, 0.25) is 0 Å². The second-order valence-corrected chi connectivity index (χ2v) is 6.58. The highest BCUT2D eigenvalue weighted by Gasteiger charge is 2.24. The zero-order valence-electron chi connectivity index (χ0n) is 14.9. The highest BCUT2D eigenvalue weighted by Crippen LogP contribution is 2.35. The van der Waals surface area contributed by atoms with Crippen LogP contribution in [0.15, 0.2) is 52.4 Å². The Balaban J connectivity index is 1.91. The Labute approximate surface area is 157 Å². The molecule has 1 N–H and O–H groups in total. The van der Waals surface area contributed by atoms with Crippen molar-refractivity contribution in [3.05, 3.63) is 58.5 Å². The summed E-state index contributed by atoms with van der Waals surface area (Å²) in [6, 6.07) is 13.5. The van der Waals surface area contributed by atoms with E-state index < -0.39 is 0 Å². The fraction of sp³-hybridized carbons (Fsp3) is 0.200. The van der Waals surface area contributed by atoms with Crippen LogP contribution in [-0.4, -0.2) is 25.3 Å². The van der Waals surface area contributed by atoms with Crippen molar-refractivity contribution in [3.63, 3.8) is 0 Å². The summed E-state index contributed by atoms with van der Waals surface area (Å²) in [5.74, 6) is 1.04. The lowest BCUT2D eigenvalue weighted by molar-refractivity contribution is -0.115. The van der Waals surface area contributed by atoms with Crippen LogP contribution in [0.5, 0.6) is 11.5 Å². The molecule has 1 aliphatic rings. The van der Waals surface area contributed by atoms with E-state index in [-0.39, 0.29) is 5.91 Å². The summed E-state index contributed by atoms with van der Waals surface area (Å²) in [6.07, 6.45) is 2.67. The SMILES string of the molecule is CCc1ccccc1N=C1NC(=O)/C(=C/c2cccc(OC)c2OC)S1. The second-order valence-electron chi connectivity index (χ2n) is 5.55. The van der Waals surface area contributed by atoms with Gasteiger partial charge in [0.2, 0.25) is 0 Å². The molecule has 1 amide bonds. The maximum Gasteiger partial charge on any atom is 0.264 e. The monoisotopic (exact) mass is 368 g/mol. The van der Waals surface area contributed by atoms with E-state index >= 15 is 0 Å². The quantitative estimate of drug-likeness (QED) is 0.805. The number of aryl methyl sites for hydroxylation is 1. The van der Waals surface area contributed by atoms with Gasteiger partial charge >= 0.3 is 0 Å². The number of thioether (sulfide) groups is 1. The molecule has 3 rings (SSSR count). The topological polar surface area (TPSA) is 59.9 Å². The fourth-order valence-electron chi connectivity index (χ4n) is 2.68. The van der Waals surface area contributed by atoms with Crippen molar-refractivity contribution >= 4 is 34.6 Å². The van der Waals surface area contributed by atoms with Gasteiger partial charge in [0.05, 0.1) is 24.8 Å². The third kappa shape index (κ3) is 3.75. The highest BCUT2D eigenvalue weighted by molar-refractivity contribution is 8.18. The minimum Gasteiger partial charge on any atom is -0.493 e. The number of carbonyl (C=O) groups is 1. The number of benzene rings is 2. The van der Waals surface area contributed by atoms with Gasteiger partial charge in [-0.25, -0.2) is 4.99 Å². The van der Waals surface area contributed by atoms with Crippen molar-refractivity contribution in [2.24, 2.45) is 4.99 Å². The number of rotatable bonds is 5. The van der Waals surface area contributed by atoms with Crippen LogP contribution in [0.3, 0.4) is 0 Å². The molecule has 134 valence electrons. The molecule has 0 bridgehead atoms. The van der Waals surface area contributed by atoms with Crippen LogP contribution >= 0.6 is 11.8 Å². The van der Waals surface area contributed by atoms with Crippen LogP contribution in [0.1, 0.15) is 18.1 Å². The molecular formula is C20H20N2O3S. The van der Waals surface area contributed by atoms with Crippen LogP contribution in [0.25, 0.3) is 6.08 Å². The predicted molar refractivity (Wildman–Crippen MR) is 106 cm³/mol. The molecule has 1 fully saturated rings. The number of aliphatic imine (C=N–C) groups is 1. The van der Waals surface area contributed by atoms with Gasteiger partial charge in [0.25, 0.3) is 5.91 Å². The Hall–Kier alpha value is -2.73. The number of hydrogen-bond acceptors (Lipinski definition) is 5. The first kappa shape index (κ1) is 18.1. The van der Waals surface area contributed by atoms with Crippen molar-refractivity contribution in [3.8, 4) is 11.5 Å². The van der Waals surface area contributed by atoms with Crippen LogP contribution < -0.4 is 14.8 Å². The van der Waals surface area contributed by atoms with Crippen LogP contribution in [0.4, 0.5) is 5.69 Å². The summed E-state index contributed by atoms with van der Waals surface area (Å²) in [6.45, 7) is 2.08. The molecule has 2 aromatic carbocycles. The van der Waals surface area contributed by atoms with Gasteiger partial charge in [-0.05, 0) is 42.0 Å². The van der Waals surface area contributed by atoms with Crippen molar-refractivity contribution in [1.29, 1.82) is 0 Å². The second kappa shape index (κ2) is 8.10. The lowest BCUT2D eigenvalue weighted by atomic mass is 10.1. The highest BCUT2D eigenvalue weighted by atomic mass is 32.2. The van der Waals surface area contributed by atoms with Crippen molar-refractivity contribution in [2.45, 2.75) is 13.3 Å². The van der Waals surface area contributed by atoms with E-state index in [1.165, 1.54) is 11.8 Å². The van der Waals surface area contributed by atoms with Crippen molar-refractivity contribution in [2.75, 3.05) is 14.2 Å². The summed E-state index contributed by atoms with van der Waals surface area (Å²) in [7, 11) is 3.16. The molecule has 2 aromatic rings. The minimum absolute atomic E-state index is 0.174. The first-order valence-electron chi connectivity index (χ1n) is 8.24. The number of nitrogens with zero attached hydrogens (tertiary/aromatic N) is 1. The van der Waals surface area contributed by atoms with Gasteiger partial charge in [0, 0.05) is 5.56 Å². The summed E-state index contributed by atoms with van der Waals surface area (Å²) >= 11 is 1.31. The third-order valence-corrected chi connectivity index (χ3v) is 4.88. The standard InChI is InChI=1S/C20H20N2O3S/c1-4-13-8-5-6-10-15(13)21-20-22-19(23)17(26-20)12-14-9-7-11-16(24-2)18(14)25-3/h5-12H,4H2,1-3H3,(H,21,22,23)/b17-12-. The van der Waals surface area contributed by atoms with Gasteiger partial charge in [-0.1, -0.05) is 37.3 Å². The molecule has 6 heteroatoms. The largest absolute Gasteiger partial charge is 0.493 e. The van der Waals surface area contributed by atoms with Gasteiger partial charge in [-0.15, -0.1) is 0 Å². The third-order valence-electron chi connectivity index (χ3n) is 3.97. The maximum atomic E-state index is 12.3. The number of nitrogens with one attached hydrogen (secondary N) is 1. The molecule has 0 spiro atoms. The number of ether oxygens (including phenoxy) is 2. The summed E-state index contributed by atoms with van der Waals surface area (Å²) < 4.78 is 10.7. The number of methoxy groups -OCH3 is 2. The Kier molecular flexibility index (Phi) is 5.63. The molecular weight excluding hydrogens is 348 g/mol. The zero-order chi connectivity index (χ0) is 18.5. The van der Waals surface area contributed by atoms with Gasteiger partial charge in [0.15, 0.2) is 16.7 Å². The average molecular weight is 368 g/mol. The molecule has 1 heterocycles. The first-order valence-corrected chi connectivity index (χ1v) is 9.06. The molecule has 0 radical (unpaired) electrons. The number of amides is 1. The van der Waals surface area contributed by atoms with Crippen LogP contribution in [0, 0.1) is 0 Å². The number of carbonyl (C=O) groups excluding carboxylic acids is 1. The van der Waals surface area contributed by atoms with Gasteiger partial charge in [0.1, 0.15) is 0 Å². The molecule has 0 saturated carbocycles. The molecule has 0 unspecified atom stereocenters. The van der Waals surface area contributed by atoms with E-state index in [0.717, 1.165) is 23.2 Å². The lowest BCUT2D eigenvalue weighted by Gasteiger charge is -2.10. The molecule has 5 nitrogen and oxygen atoms in total. The van der Waals surface area contributed by atoms with E-state index in [9.17, 15) is 4.79 Å². The summed E-state index contributed by atoms with van der Waals surface area (Å²) in [5, 5.41) is 3.40. The van der Waals surface area contributed by atoms with E-state index in [2.05, 4.69) is 17.2 Å². The zero-order valence-corrected chi connectivity index (χ0v) is 15.7. The minimum atomic E-state index is -0.174. The van der Waals surface area contributed by atoms with Crippen molar-refractivity contribution in [1.82, 2.24) is 5.32 Å². The summed E-state index contributed by atoms with van der Waals surface area (Å²) in [5.41, 5.74) is 2.79. The normalized spacial score (nSPS) is 16.8. The average Bonchev–Trinajstić information content (AvgIpc) is 3.00. The summed E-state index contributed by atoms with van der Waals surface area (Å²) in [4.78, 5) is 17.5. The number of amidine groups is 1. The van der Waals surface area contributed by atoms with E-state index in [0.29, 0.717) is 21.6 Å². The first-order chi connectivity index (χ1) is 12.7. The Morgan fingerprint density at radius 3 is 2.65 bits per heavy atom. The Morgan fingerprint density at radius 2 is 1.92 bits per heavy atom. The Morgan fingerprint density at radius 1 is 1.12 bits per heavy atom. The van der Waals surface area contributed by atoms with Gasteiger partial charge in [-0.2, -0.15) is 0 Å². The van der Waals surface area contributed by atoms with Gasteiger partial charge in [-0.3, -0.25) is 4.79 Å². The molecule has 26 heavy (non-hydrogen) atoms. The van der Waals surface area contributed by atoms with Gasteiger partial charge < -0.3 is 14.8 Å². The molecule has 1 aliphatic heterocycles. The molecule has 0 aliphatic carbocycles. The number of hydrogen-bond donors (Lipinski definition) is 1. The van der Waals surface area contributed by atoms with Crippen LogP contribution in [-0.2, 0) is 11.2 Å². The Bertz CT molecular complexity index is 890. The maximum absolute atomic E-state index is 12.3. The van der Waals surface area contributed by atoms with E-state index in [1.807, 2.05) is 42.5 Å². The van der Waals surface area contributed by atoms with E-state index in [1.54, 1.807) is 20.3 Å². The fourth-order valence-corrected chi connectivity index (χ4v) is 3.50. The smallest absolute Gasteiger partial charge is 0.264 e. The molecule has 1 saturated heterocycles. The van der Waals surface area contributed by atoms with E-state index in [4.69, 9.17) is 9.47 Å². The van der Waals surface area contributed by atoms with Crippen molar-refractivity contribution < 1.29 is 14.3 Å².